The molecule has 0 bridgehead atoms. The topological polar surface area (TPSA) is 76.2 Å². The Morgan fingerprint density at radius 3 is 2.13 bits per heavy atom. The van der Waals surface area contributed by atoms with Crippen LogP contribution >= 0.6 is 0 Å². The molecule has 1 aliphatic heterocycles. The van der Waals surface area contributed by atoms with E-state index in [0.29, 0.717) is 29.6 Å². The molecule has 5 saturated carbocycles. The van der Waals surface area contributed by atoms with E-state index in [4.69, 9.17) is 9.47 Å². The first-order chi connectivity index (χ1) is 24.6. The summed E-state index contributed by atoms with van der Waals surface area (Å²) in [5.74, 6) is 1.93. The first kappa shape index (κ1) is 37.6. The van der Waals surface area contributed by atoms with E-state index in [2.05, 4.69) is 81.3 Å². The normalized spacial score (nSPS) is 42.9. The minimum absolute atomic E-state index is 0.0414. The highest BCUT2D eigenvalue weighted by Crippen LogP contribution is 2.77. The van der Waals surface area contributed by atoms with Crippen LogP contribution < -0.4 is 0 Å². The molecular formula is C45H66N2O5. The Morgan fingerprint density at radius 1 is 0.769 bits per heavy atom. The monoisotopic (exact) mass is 714 g/mol. The number of piperazine rings is 1. The van der Waals surface area contributed by atoms with E-state index in [1.54, 1.807) is 0 Å². The molecule has 0 radical (unpaired) electrons. The van der Waals surface area contributed by atoms with Gasteiger partial charge < -0.3 is 14.4 Å². The summed E-state index contributed by atoms with van der Waals surface area (Å²) in [5.41, 5.74) is 2.17. The molecule has 1 heterocycles. The molecule has 0 spiro atoms. The molecular weight excluding hydrogens is 649 g/mol. The minimum atomic E-state index is -0.431. The molecule has 6 fully saturated rings. The van der Waals surface area contributed by atoms with Gasteiger partial charge in [-0.15, -0.1) is 0 Å². The Morgan fingerprint density at radius 2 is 1.48 bits per heavy atom. The van der Waals surface area contributed by atoms with Crippen LogP contribution in [0.5, 0.6) is 0 Å². The molecule has 4 unspecified atom stereocenters. The van der Waals surface area contributed by atoms with Crippen molar-refractivity contribution >= 4 is 17.8 Å². The third-order valence-corrected chi connectivity index (χ3v) is 17.0. The zero-order chi connectivity index (χ0) is 37.3. The summed E-state index contributed by atoms with van der Waals surface area (Å²) in [4.78, 5) is 44.3. The number of carbonyl (C=O) groups excluding carboxylic acids is 3. The van der Waals surface area contributed by atoms with Gasteiger partial charge in [0.2, 0.25) is 5.91 Å². The SMILES string of the molecule is C=C(C)[C@@H]1CC[C@]2(C(=O)N3CCN(Cc4ccccc4)CC3)CC[C@]3(C)C(CCC4[C@@]5(C)CC[C@H](OC(C)=O)[C@@](C)(COC(C)=O)C5CC[C@]43C)C12. The highest BCUT2D eigenvalue weighted by molar-refractivity contribution is 5.84. The maximum absolute atomic E-state index is 15.1. The van der Waals surface area contributed by atoms with Gasteiger partial charge in [0.25, 0.3) is 0 Å². The van der Waals surface area contributed by atoms with Crippen LogP contribution in [0.1, 0.15) is 118 Å². The number of allylic oxidation sites excluding steroid dienone is 1. The fourth-order valence-corrected chi connectivity index (χ4v) is 14.4. The second-order valence-electron chi connectivity index (χ2n) is 19.3. The number of ether oxygens (including phenoxy) is 2. The van der Waals surface area contributed by atoms with Gasteiger partial charge in [-0.05, 0) is 123 Å². The molecule has 52 heavy (non-hydrogen) atoms. The minimum Gasteiger partial charge on any atom is -0.465 e. The number of benzene rings is 1. The molecule has 0 aromatic heterocycles. The Kier molecular flexibility index (Phi) is 9.82. The summed E-state index contributed by atoms with van der Waals surface area (Å²) in [7, 11) is 0. The molecule has 7 heteroatoms. The van der Waals surface area contributed by atoms with Gasteiger partial charge in [0, 0.05) is 52.0 Å². The summed E-state index contributed by atoms with van der Waals surface area (Å²) in [6.45, 7) is 24.5. The summed E-state index contributed by atoms with van der Waals surface area (Å²) in [6, 6.07) is 10.7. The largest absolute Gasteiger partial charge is 0.465 e. The van der Waals surface area contributed by atoms with Crippen molar-refractivity contribution in [3.05, 3.63) is 48.0 Å². The number of fused-ring (bicyclic) bond motifs is 7. The van der Waals surface area contributed by atoms with Gasteiger partial charge in [-0.25, -0.2) is 0 Å². The highest BCUT2D eigenvalue weighted by Gasteiger charge is 2.72. The zero-order valence-corrected chi connectivity index (χ0v) is 33.3. The van der Waals surface area contributed by atoms with E-state index in [0.717, 1.165) is 96.9 Å². The summed E-state index contributed by atoms with van der Waals surface area (Å²) in [5, 5.41) is 0. The van der Waals surface area contributed by atoms with Crippen molar-refractivity contribution in [2.45, 2.75) is 125 Å². The Balaban J connectivity index is 1.15. The van der Waals surface area contributed by atoms with Crippen LogP contribution in [0.15, 0.2) is 42.5 Å². The number of nitrogens with zero attached hydrogens (tertiary/aromatic N) is 2. The molecule has 7 rings (SSSR count). The van der Waals surface area contributed by atoms with Crippen molar-refractivity contribution < 1.29 is 23.9 Å². The summed E-state index contributed by atoms with van der Waals surface area (Å²) >= 11 is 0. The maximum Gasteiger partial charge on any atom is 0.302 e. The van der Waals surface area contributed by atoms with Crippen molar-refractivity contribution in [2.75, 3.05) is 32.8 Å². The highest BCUT2D eigenvalue weighted by atomic mass is 16.6. The lowest BCUT2D eigenvalue weighted by molar-refractivity contribution is -0.257. The maximum atomic E-state index is 15.1. The van der Waals surface area contributed by atoms with Gasteiger partial charge in [0.1, 0.15) is 12.7 Å². The lowest BCUT2D eigenvalue weighted by Gasteiger charge is -2.73. The van der Waals surface area contributed by atoms with Gasteiger partial charge in [0.05, 0.1) is 5.41 Å². The molecule has 7 nitrogen and oxygen atoms in total. The molecule has 5 aliphatic carbocycles. The third-order valence-electron chi connectivity index (χ3n) is 17.0. The van der Waals surface area contributed by atoms with E-state index < -0.39 is 5.41 Å². The fourth-order valence-electron chi connectivity index (χ4n) is 14.4. The van der Waals surface area contributed by atoms with E-state index in [-0.39, 0.29) is 52.2 Å². The first-order valence-electron chi connectivity index (χ1n) is 20.6. The van der Waals surface area contributed by atoms with Crippen molar-refractivity contribution in [1.82, 2.24) is 9.80 Å². The summed E-state index contributed by atoms with van der Waals surface area (Å²) in [6.07, 6.45) is 10.2. The number of carbonyl (C=O) groups is 3. The Hall–Kier alpha value is -2.67. The van der Waals surface area contributed by atoms with Crippen LogP contribution in [-0.4, -0.2) is 66.5 Å². The van der Waals surface area contributed by atoms with Crippen molar-refractivity contribution in [1.29, 1.82) is 0 Å². The molecule has 1 amide bonds. The molecule has 286 valence electrons. The summed E-state index contributed by atoms with van der Waals surface area (Å²) < 4.78 is 11.8. The lowest BCUT2D eigenvalue weighted by atomic mass is 9.32. The number of amides is 1. The second-order valence-corrected chi connectivity index (χ2v) is 19.3. The van der Waals surface area contributed by atoms with Gasteiger partial charge in [-0.1, -0.05) is 70.2 Å². The van der Waals surface area contributed by atoms with Gasteiger partial charge in [-0.2, -0.15) is 0 Å². The van der Waals surface area contributed by atoms with E-state index >= 15 is 4.79 Å². The van der Waals surface area contributed by atoms with Gasteiger partial charge in [-0.3, -0.25) is 19.3 Å². The molecule has 11 atom stereocenters. The predicted octanol–water partition coefficient (Wildman–Crippen LogP) is 8.46. The van der Waals surface area contributed by atoms with Crippen LogP contribution in [0.3, 0.4) is 0 Å². The van der Waals surface area contributed by atoms with E-state index in [1.807, 2.05) is 0 Å². The van der Waals surface area contributed by atoms with Crippen LogP contribution in [0.25, 0.3) is 0 Å². The van der Waals surface area contributed by atoms with Crippen LogP contribution in [0.2, 0.25) is 0 Å². The molecule has 1 saturated heterocycles. The van der Waals surface area contributed by atoms with Gasteiger partial charge >= 0.3 is 11.9 Å². The number of rotatable bonds is 7. The molecule has 1 aromatic carbocycles. The van der Waals surface area contributed by atoms with Crippen molar-refractivity contribution in [3.8, 4) is 0 Å². The lowest BCUT2D eigenvalue weighted by Crippen LogP contribution is -2.68. The fraction of sp³-hybridized carbons (Fsp3) is 0.756. The van der Waals surface area contributed by atoms with E-state index in [1.165, 1.54) is 25.0 Å². The average Bonchev–Trinajstić information content (AvgIpc) is 3.51. The van der Waals surface area contributed by atoms with Crippen molar-refractivity contribution in [2.24, 2.45) is 56.7 Å². The Labute approximate surface area is 313 Å². The third kappa shape index (κ3) is 5.80. The number of esters is 2. The average molecular weight is 715 g/mol. The van der Waals surface area contributed by atoms with Crippen molar-refractivity contribution in [3.63, 3.8) is 0 Å². The van der Waals surface area contributed by atoms with Crippen LogP contribution in [-0.2, 0) is 30.4 Å². The van der Waals surface area contributed by atoms with Crippen LogP contribution in [0, 0.1) is 56.7 Å². The standard InChI is InChI=1S/C45H66N2O5/c1-30(2)34-16-21-45(40(50)47-26-24-46(25-27-47)28-33-12-10-9-11-13-33)23-22-43(7)35(39(34)45)14-15-37-41(5)19-18-38(52-32(4)49)42(6,29-51-31(3)48)36(41)17-20-44(37,43)8/h9-13,34-39H,1,14-29H2,2-8H3/t34-,35?,36?,37?,38-,39?,41-,42-,43+,44+,45-/m0/s1. The quantitative estimate of drug-likeness (QED) is 0.209. The second kappa shape index (κ2) is 13.6. The Bertz CT molecular complexity index is 1550. The molecule has 0 N–H and O–H groups in total. The number of hydrogen-bond donors (Lipinski definition) is 0. The smallest absolute Gasteiger partial charge is 0.302 e. The first-order valence-corrected chi connectivity index (χ1v) is 20.6. The van der Waals surface area contributed by atoms with E-state index in [9.17, 15) is 9.59 Å². The number of hydrogen-bond acceptors (Lipinski definition) is 6. The van der Waals surface area contributed by atoms with Crippen LogP contribution in [0.4, 0.5) is 0 Å². The van der Waals surface area contributed by atoms with Gasteiger partial charge in [0.15, 0.2) is 0 Å². The predicted molar refractivity (Wildman–Crippen MR) is 204 cm³/mol. The molecule has 1 aromatic rings. The zero-order valence-electron chi connectivity index (χ0n) is 33.3. The molecule has 6 aliphatic rings.